The van der Waals surface area contributed by atoms with Crippen LogP contribution in [0.5, 0.6) is 5.75 Å². The zero-order valence-corrected chi connectivity index (χ0v) is 20.5. The number of para-hydroxylation sites is 1. The van der Waals surface area contributed by atoms with E-state index in [0.717, 1.165) is 27.9 Å². The third-order valence-corrected chi connectivity index (χ3v) is 6.21. The summed E-state index contributed by atoms with van der Waals surface area (Å²) in [4.78, 5) is 26.5. The number of amides is 1. The normalized spacial score (nSPS) is 11.0. The number of fused-ring (bicyclic) bond motifs is 1. The third kappa shape index (κ3) is 4.36. The summed E-state index contributed by atoms with van der Waals surface area (Å²) >= 11 is 6.20. The number of methoxy groups -OCH3 is 1. The molecule has 2 aromatic heterocycles. The Labute approximate surface area is 212 Å². The lowest BCUT2D eigenvalue weighted by Crippen LogP contribution is -2.28. The van der Waals surface area contributed by atoms with Gasteiger partial charge in [0.15, 0.2) is 0 Å². The second kappa shape index (κ2) is 9.71. The third-order valence-electron chi connectivity index (χ3n) is 5.92. The molecule has 7 nitrogen and oxygen atoms in total. The monoisotopic (exact) mass is 498 g/mol. The first-order valence-electron chi connectivity index (χ1n) is 11.3. The summed E-state index contributed by atoms with van der Waals surface area (Å²) in [6.07, 6.45) is 0. The highest BCUT2D eigenvalue weighted by Crippen LogP contribution is 2.31. The van der Waals surface area contributed by atoms with Gasteiger partial charge >= 0.3 is 0 Å². The van der Waals surface area contributed by atoms with Gasteiger partial charge in [-0.15, -0.1) is 0 Å². The minimum absolute atomic E-state index is 0.202. The number of carbonyl (C=O) groups is 1. The maximum atomic E-state index is 13.4. The van der Waals surface area contributed by atoms with Gasteiger partial charge in [0.1, 0.15) is 17.9 Å². The van der Waals surface area contributed by atoms with Crippen LogP contribution in [-0.4, -0.2) is 27.4 Å². The van der Waals surface area contributed by atoms with Crippen LogP contribution >= 0.6 is 11.6 Å². The van der Waals surface area contributed by atoms with Crippen LogP contribution in [0.25, 0.3) is 27.8 Å². The fourth-order valence-electron chi connectivity index (χ4n) is 4.29. The van der Waals surface area contributed by atoms with Crippen LogP contribution in [0.3, 0.4) is 0 Å². The van der Waals surface area contributed by atoms with E-state index in [-0.39, 0.29) is 18.0 Å². The molecule has 0 saturated carbocycles. The van der Waals surface area contributed by atoms with Gasteiger partial charge in [-0.3, -0.25) is 14.2 Å². The van der Waals surface area contributed by atoms with E-state index >= 15 is 0 Å². The van der Waals surface area contributed by atoms with E-state index in [2.05, 4.69) is 5.32 Å². The van der Waals surface area contributed by atoms with Gasteiger partial charge < -0.3 is 10.1 Å². The number of nitrogens with one attached hydrogen (secondary N) is 1. The zero-order valence-electron chi connectivity index (χ0n) is 19.7. The molecular weight excluding hydrogens is 476 g/mol. The predicted octanol–water partition coefficient (Wildman–Crippen LogP) is 5.46. The number of aromatic nitrogens is 3. The fourth-order valence-corrected chi connectivity index (χ4v) is 4.55. The topological polar surface area (TPSA) is 78.2 Å². The van der Waals surface area contributed by atoms with Gasteiger partial charge in [-0.1, -0.05) is 60.1 Å². The first-order valence-corrected chi connectivity index (χ1v) is 11.7. The molecule has 0 aliphatic carbocycles. The number of carbonyl (C=O) groups excluding carboxylic acids is 1. The number of halogens is 1. The molecule has 0 aliphatic heterocycles. The van der Waals surface area contributed by atoms with Crippen molar-refractivity contribution in [3.05, 3.63) is 106 Å². The van der Waals surface area contributed by atoms with Crippen LogP contribution in [0.2, 0.25) is 5.02 Å². The molecule has 0 atom stereocenters. The van der Waals surface area contributed by atoms with E-state index in [0.29, 0.717) is 22.1 Å². The minimum Gasteiger partial charge on any atom is -0.495 e. The van der Waals surface area contributed by atoms with Crippen LogP contribution in [0, 0.1) is 6.92 Å². The molecule has 5 rings (SSSR count). The average Bonchev–Trinajstić information content (AvgIpc) is 3.24. The minimum atomic E-state index is -0.370. The van der Waals surface area contributed by atoms with Gasteiger partial charge in [-0.2, -0.15) is 5.10 Å². The Kier molecular flexibility index (Phi) is 6.31. The van der Waals surface area contributed by atoms with Gasteiger partial charge in [0.05, 0.1) is 23.5 Å². The second-order valence-electron chi connectivity index (χ2n) is 8.28. The van der Waals surface area contributed by atoms with Crippen molar-refractivity contribution >= 4 is 34.2 Å². The van der Waals surface area contributed by atoms with Crippen molar-refractivity contribution in [2.45, 2.75) is 13.5 Å². The van der Waals surface area contributed by atoms with Crippen LogP contribution < -0.4 is 15.6 Å². The van der Waals surface area contributed by atoms with E-state index in [4.69, 9.17) is 21.4 Å². The lowest BCUT2D eigenvalue weighted by atomic mass is 10.0. The highest BCUT2D eigenvalue weighted by atomic mass is 35.5. The molecule has 5 aromatic rings. The van der Waals surface area contributed by atoms with Crippen molar-refractivity contribution in [2.24, 2.45) is 0 Å². The quantitative estimate of drug-likeness (QED) is 0.337. The van der Waals surface area contributed by atoms with Crippen molar-refractivity contribution in [1.29, 1.82) is 0 Å². The zero-order chi connectivity index (χ0) is 25.2. The number of pyridine rings is 1. The number of hydrogen-bond acceptors (Lipinski definition) is 4. The van der Waals surface area contributed by atoms with Crippen LogP contribution in [0.1, 0.15) is 5.69 Å². The Hall–Kier alpha value is -4.36. The van der Waals surface area contributed by atoms with Crippen molar-refractivity contribution < 1.29 is 9.53 Å². The van der Waals surface area contributed by atoms with E-state index in [1.54, 1.807) is 28.9 Å². The summed E-state index contributed by atoms with van der Waals surface area (Å²) in [6, 6.07) is 25.8. The smallest absolute Gasteiger partial charge is 0.253 e. The number of anilines is 1. The Morgan fingerprint density at radius 2 is 1.69 bits per heavy atom. The maximum Gasteiger partial charge on any atom is 0.253 e. The molecule has 0 spiro atoms. The van der Waals surface area contributed by atoms with Gasteiger partial charge in [-0.25, -0.2) is 4.68 Å². The summed E-state index contributed by atoms with van der Waals surface area (Å²) in [5, 5.41) is 8.77. The maximum absolute atomic E-state index is 13.4. The summed E-state index contributed by atoms with van der Waals surface area (Å²) in [6.45, 7) is 1.70. The first-order chi connectivity index (χ1) is 17.5. The molecule has 36 heavy (non-hydrogen) atoms. The number of rotatable bonds is 6. The molecule has 0 saturated heterocycles. The molecule has 0 fully saturated rings. The first kappa shape index (κ1) is 23.4. The SMILES string of the molecule is COc1ccc(NC(=O)Cn2c(=O)cc(-c3ccccc3)c3c(C)nn(-c4ccccc4)c32)cc1Cl. The molecule has 0 radical (unpaired) electrons. The fraction of sp³-hybridized carbons (Fsp3) is 0.107. The van der Waals surface area contributed by atoms with E-state index < -0.39 is 0 Å². The van der Waals surface area contributed by atoms with Crippen LogP contribution in [0.15, 0.2) is 89.7 Å². The molecule has 8 heteroatoms. The standard InChI is InChI=1S/C28H23ClN4O3/c1-18-27-22(19-9-5-3-6-10-19)16-26(35)32(28(27)33(31-18)21-11-7-4-8-12-21)17-25(34)30-20-13-14-24(36-2)23(29)15-20/h3-16H,17H2,1-2H3,(H,30,34). The van der Waals surface area contributed by atoms with Crippen LogP contribution in [0.4, 0.5) is 5.69 Å². The lowest BCUT2D eigenvalue weighted by Gasteiger charge is -2.14. The van der Waals surface area contributed by atoms with E-state index in [9.17, 15) is 9.59 Å². The highest BCUT2D eigenvalue weighted by molar-refractivity contribution is 6.32. The number of aryl methyl sites for hydroxylation is 1. The lowest BCUT2D eigenvalue weighted by molar-refractivity contribution is -0.116. The predicted molar refractivity (Wildman–Crippen MR) is 142 cm³/mol. The van der Waals surface area contributed by atoms with E-state index in [1.165, 1.54) is 11.7 Å². The van der Waals surface area contributed by atoms with Crippen molar-refractivity contribution in [1.82, 2.24) is 14.3 Å². The number of nitrogens with zero attached hydrogens (tertiary/aromatic N) is 3. The summed E-state index contributed by atoms with van der Waals surface area (Å²) in [5.41, 5.74) is 3.96. The van der Waals surface area contributed by atoms with Gasteiger partial charge in [0.25, 0.3) is 5.56 Å². The average molecular weight is 499 g/mol. The van der Waals surface area contributed by atoms with Crippen molar-refractivity contribution in [3.8, 4) is 22.6 Å². The molecular formula is C28H23ClN4O3. The number of ether oxygens (including phenoxy) is 1. The molecule has 3 aromatic carbocycles. The molecule has 2 heterocycles. The Morgan fingerprint density at radius 3 is 2.36 bits per heavy atom. The van der Waals surface area contributed by atoms with Crippen LogP contribution in [-0.2, 0) is 11.3 Å². The summed E-state index contributed by atoms with van der Waals surface area (Å²) in [7, 11) is 1.52. The molecule has 0 aliphatic rings. The molecule has 180 valence electrons. The molecule has 0 bridgehead atoms. The molecule has 1 amide bonds. The molecule has 1 N–H and O–H groups in total. The Bertz CT molecular complexity index is 1630. The van der Waals surface area contributed by atoms with Gasteiger partial charge in [0, 0.05) is 17.1 Å². The second-order valence-corrected chi connectivity index (χ2v) is 8.68. The van der Waals surface area contributed by atoms with Crippen molar-refractivity contribution in [2.75, 3.05) is 12.4 Å². The summed E-state index contributed by atoms with van der Waals surface area (Å²) < 4.78 is 8.34. The van der Waals surface area contributed by atoms with Gasteiger partial charge in [0.2, 0.25) is 5.91 Å². The highest BCUT2D eigenvalue weighted by Gasteiger charge is 2.21. The van der Waals surface area contributed by atoms with Gasteiger partial charge in [-0.05, 0) is 48.4 Å². The summed E-state index contributed by atoms with van der Waals surface area (Å²) in [5.74, 6) is 0.136. The Morgan fingerprint density at radius 1 is 1.00 bits per heavy atom. The largest absolute Gasteiger partial charge is 0.495 e. The van der Waals surface area contributed by atoms with Crippen molar-refractivity contribution in [3.63, 3.8) is 0 Å². The number of benzene rings is 3. The van der Waals surface area contributed by atoms with E-state index in [1.807, 2.05) is 67.6 Å². The number of hydrogen-bond donors (Lipinski definition) is 1. The molecule has 0 unspecified atom stereocenters. The Balaban J connectivity index is 1.64.